The molecule has 0 N–H and O–H groups in total. The van der Waals surface area contributed by atoms with E-state index in [9.17, 15) is 17.2 Å². The first-order valence-corrected chi connectivity index (χ1v) is 9.16. The number of rotatable bonds is 4. The Kier molecular flexibility index (Phi) is 4.45. The molecule has 0 radical (unpaired) electrons. The molecule has 1 saturated carbocycles. The zero-order chi connectivity index (χ0) is 18.2. The van der Waals surface area contributed by atoms with Crippen LogP contribution >= 0.6 is 11.6 Å². The molecule has 9 heteroatoms. The van der Waals surface area contributed by atoms with Gasteiger partial charge in [-0.05, 0) is 60.8 Å². The summed E-state index contributed by atoms with van der Waals surface area (Å²) in [5, 5.41) is 3.86. The van der Waals surface area contributed by atoms with Gasteiger partial charge < -0.3 is 0 Å². The lowest BCUT2D eigenvalue weighted by Crippen LogP contribution is -2.50. The molecule has 0 aliphatic heterocycles. The summed E-state index contributed by atoms with van der Waals surface area (Å²) >= 11 is 5.79. The smallest absolute Gasteiger partial charge is 0.188 e. The fourth-order valence-electron chi connectivity index (χ4n) is 3.13. The highest BCUT2D eigenvalue weighted by Gasteiger charge is 2.56. The second-order valence-electron chi connectivity index (χ2n) is 5.84. The molecule has 0 amide bonds. The van der Waals surface area contributed by atoms with Gasteiger partial charge in [-0.15, -0.1) is 0 Å². The summed E-state index contributed by atoms with van der Waals surface area (Å²) < 4.78 is 52.7. The summed E-state index contributed by atoms with van der Waals surface area (Å²) in [6.07, 6.45) is -0.245. The van der Waals surface area contributed by atoms with E-state index >= 15 is 0 Å². The second kappa shape index (κ2) is 6.29. The van der Waals surface area contributed by atoms with Gasteiger partial charge in [-0.25, -0.2) is 17.2 Å². The van der Waals surface area contributed by atoms with Gasteiger partial charge in [0.15, 0.2) is 9.84 Å². The van der Waals surface area contributed by atoms with Crippen molar-refractivity contribution in [1.82, 2.24) is 0 Å². The number of hydrogen-bond donors (Lipinski definition) is 0. The number of azide groups is 1. The molecule has 0 heterocycles. The molecular formula is C16H12ClF2N3O2S. The van der Waals surface area contributed by atoms with E-state index in [-0.39, 0.29) is 23.3 Å². The minimum atomic E-state index is -4.07. The van der Waals surface area contributed by atoms with Crippen LogP contribution < -0.4 is 0 Å². The van der Waals surface area contributed by atoms with Crippen molar-refractivity contribution in [3.63, 3.8) is 0 Å². The summed E-state index contributed by atoms with van der Waals surface area (Å²) in [7, 11) is -4.07. The Labute approximate surface area is 147 Å². The van der Waals surface area contributed by atoms with E-state index in [4.69, 9.17) is 17.1 Å². The topological polar surface area (TPSA) is 82.9 Å². The Bertz CT molecular complexity index is 967. The predicted octanol–water partition coefficient (Wildman–Crippen LogP) is 4.76. The third-order valence-electron chi connectivity index (χ3n) is 4.40. The van der Waals surface area contributed by atoms with E-state index in [2.05, 4.69) is 10.0 Å². The van der Waals surface area contributed by atoms with E-state index in [1.54, 1.807) is 0 Å². The van der Waals surface area contributed by atoms with Gasteiger partial charge >= 0.3 is 0 Å². The zero-order valence-corrected chi connectivity index (χ0v) is 14.3. The van der Waals surface area contributed by atoms with Crippen molar-refractivity contribution in [3.05, 3.63) is 75.1 Å². The van der Waals surface area contributed by atoms with Gasteiger partial charge in [0.1, 0.15) is 16.4 Å². The Morgan fingerprint density at radius 1 is 1.16 bits per heavy atom. The van der Waals surface area contributed by atoms with Crippen LogP contribution in [-0.2, 0) is 14.6 Å². The van der Waals surface area contributed by atoms with Crippen LogP contribution in [0, 0.1) is 11.6 Å². The van der Waals surface area contributed by atoms with Gasteiger partial charge in [0, 0.05) is 21.5 Å². The summed E-state index contributed by atoms with van der Waals surface area (Å²) in [5.74, 6) is -1.56. The molecule has 1 fully saturated rings. The number of hydrogen-bond acceptors (Lipinski definition) is 3. The van der Waals surface area contributed by atoms with Gasteiger partial charge in [0.05, 0.1) is 4.90 Å². The summed E-state index contributed by atoms with van der Waals surface area (Å²) in [6.45, 7) is 0. The van der Waals surface area contributed by atoms with E-state index in [1.807, 2.05) is 0 Å². The van der Waals surface area contributed by atoms with Crippen molar-refractivity contribution in [2.45, 2.75) is 28.5 Å². The lowest BCUT2D eigenvalue weighted by Gasteiger charge is -2.45. The Balaban J connectivity index is 2.17. The molecule has 0 spiro atoms. The molecule has 2 aromatic carbocycles. The molecule has 0 unspecified atom stereocenters. The Morgan fingerprint density at radius 2 is 1.80 bits per heavy atom. The number of halogens is 3. The van der Waals surface area contributed by atoms with Gasteiger partial charge in [-0.2, -0.15) is 0 Å². The van der Waals surface area contributed by atoms with Gasteiger partial charge in [0.25, 0.3) is 0 Å². The van der Waals surface area contributed by atoms with Crippen molar-refractivity contribution in [2.24, 2.45) is 5.11 Å². The standard InChI is InChI=1S/C16H12ClF2N3O2S/c17-10-1-4-13(5-2-10)25(23,24)16(8-12(9-16)21-22-20)14-7-11(18)3-6-15(14)19/h1-7,12H,8-9H2/t12-,16+. The van der Waals surface area contributed by atoms with Crippen molar-refractivity contribution >= 4 is 21.4 Å². The molecule has 0 bridgehead atoms. The molecule has 130 valence electrons. The monoisotopic (exact) mass is 383 g/mol. The van der Waals surface area contributed by atoms with Crippen LogP contribution in [0.5, 0.6) is 0 Å². The third-order valence-corrected chi connectivity index (χ3v) is 7.13. The average molecular weight is 384 g/mol. The molecule has 0 saturated heterocycles. The van der Waals surface area contributed by atoms with Crippen LogP contribution in [0.25, 0.3) is 10.4 Å². The minimum absolute atomic E-state index is 0.0556. The average Bonchev–Trinajstić information content (AvgIpc) is 2.53. The molecule has 1 aliphatic carbocycles. The fraction of sp³-hybridized carbons (Fsp3) is 0.250. The van der Waals surface area contributed by atoms with Crippen LogP contribution in [0.4, 0.5) is 8.78 Å². The second-order valence-corrected chi connectivity index (χ2v) is 8.54. The van der Waals surface area contributed by atoms with Crippen LogP contribution in [0.15, 0.2) is 52.5 Å². The highest BCUT2D eigenvalue weighted by molar-refractivity contribution is 7.92. The minimum Gasteiger partial charge on any atom is -0.223 e. The summed E-state index contributed by atoms with van der Waals surface area (Å²) in [5.41, 5.74) is 8.29. The zero-order valence-electron chi connectivity index (χ0n) is 12.7. The highest BCUT2D eigenvalue weighted by atomic mass is 35.5. The van der Waals surface area contributed by atoms with Gasteiger partial charge in [0.2, 0.25) is 0 Å². The summed E-state index contributed by atoms with van der Waals surface area (Å²) in [6, 6.07) is 7.55. The lowest BCUT2D eigenvalue weighted by molar-refractivity contribution is 0.283. The molecule has 1 aliphatic rings. The van der Waals surface area contributed by atoms with Crippen molar-refractivity contribution in [1.29, 1.82) is 0 Å². The van der Waals surface area contributed by atoms with Crippen LogP contribution in [0.3, 0.4) is 0 Å². The Hall–Kier alpha value is -2.15. The fourth-order valence-corrected chi connectivity index (χ4v) is 5.47. The molecule has 25 heavy (non-hydrogen) atoms. The maximum absolute atomic E-state index is 14.4. The van der Waals surface area contributed by atoms with Crippen molar-refractivity contribution < 1.29 is 17.2 Å². The first-order chi connectivity index (χ1) is 11.8. The van der Waals surface area contributed by atoms with Gasteiger partial charge in [-0.1, -0.05) is 16.7 Å². The molecule has 0 aromatic heterocycles. The highest BCUT2D eigenvalue weighted by Crippen LogP contribution is 2.53. The van der Waals surface area contributed by atoms with E-state index < -0.39 is 32.3 Å². The number of nitrogens with zero attached hydrogens (tertiary/aromatic N) is 3. The molecule has 0 atom stereocenters. The van der Waals surface area contributed by atoms with Crippen molar-refractivity contribution in [3.8, 4) is 0 Å². The number of sulfone groups is 1. The van der Waals surface area contributed by atoms with E-state index in [0.29, 0.717) is 5.02 Å². The van der Waals surface area contributed by atoms with Crippen LogP contribution in [-0.4, -0.2) is 14.5 Å². The molecule has 5 nitrogen and oxygen atoms in total. The first kappa shape index (κ1) is 17.7. The van der Waals surface area contributed by atoms with Crippen LogP contribution in [0.2, 0.25) is 5.02 Å². The van der Waals surface area contributed by atoms with Crippen LogP contribution in [0.1, 0.15) is 18.4 Å². The SMILES string of the molecule is [N-]=[N+]=N[C@H]1C[C@@](c2cc(F)ccc2F)(S(=O)(=O)c2ccc(Cl)cc2)C1. The van der Waals surface area contributed by atoms with Gasteiger partial charge in [-0.3, -0.25) is 0 Å². The lowest BCUT2D eigenvalue weighted by atomic mass is 9.75. The summed E-state index contributed by atoms with van der Waals surface area (Å²) in [4.78, 5) is 2.61. The maximum atomic E-state index is 14.4. The molecule has 3 rings (SSSR count). The first-order valence-electron chi connectivity index (χ1n) is 7.30. The maximum Gasteiger partial charge on any atom is 0.188 e. The molecular weight excluding hydrogens is 372 g/mol. The van der Waals surface area contributed by atoms with E-state index in [1.165, 1.54) is 24.3 Å². The number of benzene rings is 2. The Morgan fingerprint density at radius 3 is 2.40 bits per heavy atom. The van der Waals surface area contributed by atoms with E-state index in [0.717, 1.165) is 18.2 Å². The quantitative estimate of drug-likeness (QED) is 0.433. The normalized spacial score (nSPS) is 22.8. The largest absolute Gasteiger partial charge is 0.223 e. The van der Waals surface area contributed by atoms with Crippen molar-refractivity contribution in [2.75, 3.05) is 0 Å². The third kappa shape index (κ3) is 2.86. The molecule has 2 aromatic rings. The predicted molar refractivity (Wildman–Crippen MR) is 88.8 cm³/mol.